The zero-order chi connectivity index (χ0) is 34.1. The average Bonchev–Trinajstić information content (AvgIpc) is 3.07. The first kappa shape index (κ1) is 45.9. The summed E-state index contributed by atoms with van der Waals surface area (Å²) in [4.78, 5) is 24.1. The molecule has 5 heteroatoms. The molecule has 0 radical (unpaired) electrons. The van der Waals surface area contributed by atoms with E-state index >= 15 is 0 Å². The molecule has 47 heavy (non-hydrogen) atoms. The van der Waals surface area contributed by atoms with Gasteiger partial charge in [0.2, 0.25) is 11.8 Å². The normalized spacial score (nSPS) is 11.3. The maximum atomic E-state index is 12.0. The van der Waals surface area contributed by atoms with Crippen LogP contribution in [0, 0.1) is 0 Å². The average molecular weight is 665 g/mol. The number of hydrogen-bond acceptors (Lipinski definition) is 3. The van der Waals surface area contributed by atoms with Gasteiger partial charge in [-0.15, -0.1) is 0 Å². The van der Waals surface area contributed by atoms with Crippen molar-refractivity contribution < 1.29 is 14.3 Å². The summed E-state index contributed by atoms with van der Waals surface area (Å²) in [6, 6.07) is 0. The monoisotopic (exact) mass is 665 g/mol. The van der Waals surface area contributed by atoms with Crippen LogP contribution in [0.15, 0.2) is 0 Å². The van der Waals surface area contributed by atoms with Gasteiger partial charge in [-0.2, -0.15) is 0 Å². The van der Waals surface area contributed by atoms with Crippen molar-refractivity contribution in [1.29, 1.82) is 0 Å². The Hall–Kier alpha value is -1.10. The van der Waals surface area contributed by atoms with Gasteiger partial charge < -0.3 is 15.4 Å². The highest BCUT2D eigenvalue weighted by molar-refractivity contribution is 5.76. The number of nitrogens with one attached hydrogen (secondary N) is 2. The molecule has 0 atom stereocenters. The van der Waals surface area contributed by atoms with Gasteiger partial charge in [-0.25, -0.2) is 0 Å². The van der Waals surface area contributed by atoms with Crippen LogP contribution in [-0.2, 0) is 14.3 Å². The summed E-state index contributed by atoms with van der Waals surface area (Å²) in [6.07, 6.45) is 43.4. The molecule has 280 valence electrons. The minimum Gasteiger partial charge on any atom is -0.381 e. The van der Waals surface area contributed by atoms with Crippen LogP contribution in [0.2, 0.25) is 0 Å². The van der Waals surface area contributed by atoms with Crippen molar-refractivity contribution in [2.45, 2.75) is 232 Å². The zero-order valence-electron chi connectivity index (χ0n) is 32.1. The Bertz CT molecular complexity index is 575. The molecule has 0 aliphatic heterocycles. The Morgan fingerprint density at radius 1 is 0.340 bits per heavy atom. The second-order valence-corrected chi connectivity index (χ2v) is 14.4. The van der Waals surface area contributed by atoms with Gasteiger partial charge >= 0.3 is 0 Å². The Kier molecular flexibility index (Phi) is 40.1. The van der Waals surface area contributed by atoms with Gasteiger partial charge in [-0.05, 0) is 25.7 Å². The second kappa shape index (κ2) is 41.1. The predicted octanol–water partition coefficient (Wildman–Crippen LogP) is 12.5. The number of unbranched alkanes of at least 4 members (excludes halogenated alkanes) is 28. The SMILES string of the molecule is CCCCCCCCCCCCCCCCCC(=O)NCCCOCCCNC(=O)CCCCCCCCCCCCCCCCC. The molecule has 5 nitrogen and oxygen atoms in total. The van der Waals surface area contributed by atoms with Gasteiger partial charge in [-0.3, -0.25) is 9.59 Å². The molecule has 0 aromatic carbocycles. The third-order valence-corrected chi connectivity index (χ3v) is 9.59. The van der Waals surface area contributed by atoms with E-state index in [4.69, 9.17) is 4.74 Å². The molecule has 0 aliphatic carbocycles. The number of carbonyl (C=O) groups excluding carboxylic acids is 2. The summed E-state index contributed by atoms with van der Waals surface area (Å²) < 4.78 is 5.68. The fourth-order valence-electron chi connectivity index (χ4n) is 6.40. The molecule has 0 heterocycles. The first-order chi connectivity index (χ1) is 23.2. The van der Waals surface area contributed by atoms with Gasteiger partial charge in [0, 0.05) is 39.1 Å². The van der Waals surface area contributed by atoms with Crippen molar-refractivity contribution in [1.82, 2.24) is 10.6 Å². The van der Waals surface area contributed by atoms with Crippen molar-refractivity contribution >= 4 is 11.8 Å². The van der Waals surface area contributed by atoms with Crippen LogP contribution >= 0.6 is 0 Å². The molecule has 0 unspecified atom stereocenters. The molecule has 0 spiro atoms. The smallest absolute Gasteiger partial charge is 0.219 e. The van der Waals surface area contributed by atoms with Crippen LogP contribution in [0.4, 0.5) is 0 Å². The van der Waals surface area contributed by atoms with Gasteiger partial charge in [0.25, 0.3) is 0 Å². The van der Waals surface area contributed by atoms with Gasteiger partial charge in [-0.1, -0.05) is 194 Å². The number of carbonyl (C=O) groups is 2. The van der Waals surface area contributed by atoms with Crippen LogP contribution < -0.4 is 10.6 Å². The summed E-state index contributed by atoms with van der Waals surface area (Å²) in [5.41, 5.74) is 0. The van der Waals surface area contributed by atoms with Crippen molar-refractivity contribution in [3.05, 3.63) is 0 Å². The predicted molar refractivity (Wildman–Crippen MR) is 205 cm³/mol. The lowest BCUT2D eigenvalue weighted by atomic mass is 10.0. The van der Waals surface area contributed by atoms with E-state index in [1.165, 1.54) is 180 Å². The quantitative estimate of drug-likeness (QED) is 0.0641. The minimum absolute atomic E-state index is 0.177. The zero-order valence-corrected chi connectivity index (χ0v) is 32.1. The summed E-state index contributed by atoms with van der Waals surface area (Å²) in [5.74, 6) is 0.355. The maximum absolute atomic E-state index is 12.0. The van der Waals surface area contributed by atoms with Gasteiger partial charge in [0.1, 0.15) is 0 Å². The Labute approximate surface area is 294 Å². The first-order valence-corrected chi connectivity index (χ1v) is 21.3. The molecule has 0 saturated carbocycles. The fourth-order valence-corrected chi connectivity index (χ4v) is 6.40. The highest BCUT2D eigenvalue weighted by Crippen LogP contribution is 2.15. The van der Waals surface area contributed by atoms with E-state index in [0.717, 1.165) is 25.7 Å². The van der Waals surface area contributed by atoms with Gasteiger partial charge in [0.05, 0.1) is 0 Å². The highest BCUT2D eigenvalue weighted by Gasteiger charge is 2.03. The summed E-state index contributed by atoms with van der Waals surface area (Å²) in [5, 5.41) is 6.05. The number of rotatable bonds is 40. The first-order valence-electron chi connectivity index (χ1n) is 21.3. The molecule has 0 saturated heterocycles. The minimum atomic E-state index is 0.177. The number of hydrogen-bond donors (Lipinski definition) is 2. The van der Waals surface area contributed by atoms with E-state index < -0.39 is 0 Å². The van der Waals surface area contributed by atoms with Crippen LogP contribution in [0.25, 0.3) is 0 Å². The van der Waals surface area contributed by atoms with Crippen molar-refractivity contribution in [2.24, 2.45) is 0 Å². The molecule has 0 aliphatic rings. The largest absolute Gasteiger partial charge is 0.381 e. The van der Waals surface area contributed by atoms with E-state index in [9.17, 15) is 9.59 Å². The molecule has 0 aromatic heterocycles. The lowest BCUT2D eigenvalue weighted by molar-refractivity contribution is -0.122. The van der Waals surface area contributed by atoms with E-state index in [1.54, 1.807) is 0 Å². The Morgan fingerprint density at radius 2 is 0.574 bits per heavy atom. The fraction of sp³-hybridized carbons (Fsp3) is 0.952. The summed E-state index contributed by atoms with van der Waals surface area (Å²) >= 11 is 0. The molecule has 2 amide bonds. The van der Waals surface area contributed by atoms with E-state index in [0.29, 0.717) is 39.1 Å². The lowest BCUT2D eigenvalue weighted by Gasteiger charge is -2.08. The topological polar surface area (TPSA) is 67.4 Å². The lowest BCUT2D eigenvalue weighted by Crippen LogP contribution is -2.26. The summed E-state index contributed by atoms with van der Waals surface area (Å²) in [6.45, 7) is 7.26. The van der Waals surface area contributed by atoms with Crippen LogP contribution in [0.1, 0.15) is 232 Å². The number of amides is 2. The third kappa shape index (κ3) is 41.0. The third-order valence-electron chi connectivity index (χ3n) is 9.59. The highest BCUT2D eigenvalue weighted by atomic mass is 16.5. The van der Waals surface area contributed by atoms with E-state index in [1.807, 2.05) is 0 Å². The molecule has 0 aromatic rings. The van der Waals surface area contributed by atoms with E-state index in [2.05, 4.69) is 24.5 Å². The van der Waals surface area contributed by atoms with Crippen molar-refractivity contribution in [3.8, 4) is 0 Å². The molecule has 2 N–H and O–H groups in total. The second-order valence-electron chi connectivity index (χ2n) is 14.4. The molecule has 0 rings (SSSR count). The Balaban J connectivity index is 3.23. The Morgan fingerprint density at radius 3 is 0.830 bits per heavy atom. The van der Waals surface area contributed by atoms with Crippen molar-refractivity contribution in [3.63, 3.8) is 0 Å². The molecule has 0 bridgehead atoms. The van der Waals surface area contributed by atoms with E-state index in [-0.39, 0.29) is 11.8 Å². The van der Waals surface area contributed by atoms with Crippen molar-refractivity contribution in [2.75, 3.05) is 26.3 Å². The van der Waals surface area contributed by atoms with Crippen LogP contribution in [0.5, 0.6) is 0 Å². The van der Waals surface area contributed by atoms with Gasteiger partial charge in [0.15, 0.2) is 0 Å². The molecular formula is C42H84N2O3. The van der Waals surface area contributed by atoms with Crippen LogP contribution in [-0.4, -0.2) is 38.1 Å². The summed E-state index contributed by atoms with van der Waals surface area (Å²) in [7, 11) is 0. The maximum Gasteiger partial charge on any atom is 0.219 e. The standard InChI is InChI=1S/C42H84N2O3/c1-3-5-7-9-11-13-15-17-19-21-23-25-27-29-31-35-41(45)43-37-33-39-47-40-34-38-44-42(46)36-32-30-28-26-24-22-20-18-16-14-12-10-8-6-4-2/h3-40H2,1-2H3,(H,43,45)(H,44,46). The van der Waals surface area contributed by atoms with Crippen LogP contribution in [0.3, 0.4) is 0 Å². The molecule has 0 fully saturated rings. The molecular weight excluding hydrogens is 580 g/mol. The number of ether oxygens (including phenoxy) is 1.